The molecule has 1 aromatic heterocycles. The molecule has 2 aromatic rings. The van der Waals surface area contributed by atoms with Crippen molar-refractivity contribution >= 4 is 5.78 Å². The second kappa shape index (κ2) is 8.35. The van der Waals surface area contributed by atoms with Gasteiger partial charge in [0.1, 0.15) is 5.75 Å². The summed E-state index contributed by atoms with van der Waals surface area (Å²) in [5.74, 6) is 2.08. The van der Waals surface area contributed by atoms with Crippen LogP contribution in [-0.4, -0.2) is 41.9 Å². The van der Waals surface area contributed by atoms with Gasteiger partial charge >= 0.3 is 0 Å². The van der Waals surface area contributed by atoms with Crippen molar-refractivity contribution in [2.24, 2.45) is 11.8 Å². The molecule has 2 heterocycles. The maximum Gasteiger partial charge on any atom is 0.169 e. The monoisotopic (exact) mass is 392 g/mol. The lowest BCUT2D eigenvalue weighted by Gasteiger charge is -2.40. The number of hydrogen-bond acceptors (Lipinski definition) is 3. The van der Waals surface area contributed by atoms with E-state index in [9.17, 15) is 4.79 Å². The number of aromatic nitrogens is 1. The lowest BCUT2D eigenvalue weighted by molar-refractivity contribution is 0.0650. The van der Waals surface area contributed by atoms with Gasteiger partial charge in [-0.05, 0) is 75.1 Å². The Morgan fingerprint density at radius 1 is 1.07 bits per heavy atom. The highest BCUT2D eigenvalue weighted by molar-refractivity contribution is 6.02. The molecule has 2 aliphatic carbocycles. The number of aromatic amines is 1. The summed E-state index contributed by atoms with van der Waals surface area (Å²) in [4.78, 5) is 19.7. The second-order valence-electron chi connectivity index (χ2n) is 9.04. The number of hydrogen-bond donors (Lipinski definition) is 1. The number of piperidine rings is 1. The molecule has 0 radical (unpaired) electrons. The van der Waals surface area contributed by atoms with Crippen LogP contribution in [0.2, 0.25) is 0 Å². The lowest BCUT2D eigenvalue weighted by atomic mass is 9.72. The van der Waals surface area contributed by atoms with Gasteiger partial charge in [-0.25, -0.2) is 0 Å². The minimum absolute atomic E-state index is 0.189. The van der Waals surface area contributed by atoms with E-state index < -0.39 is 0 Å². The first-order valence-corrected chi connectivity index (χ1v) is 11.5. The van der Waals surface area contributed by atoms with Crippen LogP contribution in [-0.2, 0) is 19.3 Å². The number of nitrogens with zero attached hydrogens (tertiary/aromatic N) is 1. The smallest absolute Gasteiger partial charge is 0.169 e. The van der Waals surface area contributed by atoms with E-state index in [2.05, 4.69) is 9.88 Å². The average Bonchev–Trinajstić information content (AvgIpc) is 2.93. The molecule has 1 aliphatic heterocycles. The normalized spacial score (nSPS) is 24.3. The molecule has 0 saturated carbocycles. The van der Waals surface area contributed by atoms with Gasteiger partial charge in [-0.1, -0.05) is 24.6 Å². The number of Topliss-reactive ketones (excluding diaryl/α,β-unsaturated/α-hetero) is 1. The minimum atomic E-state index is 0.189. The Labute approximate surface area is 173 Å². The van der Waals surface area contributed by atoms with Gasteiger partial charge in [0.25, 0.3) is 0 Å². The van der Waals surface area contributed by atoms with Crippen molar-refractivity contribution in [3.8, 4) is 5.75 Å². The molecular formula is C25H32N2O2. The Hall–Kier alpha value is -2.07. The van der Waals surface area contributed by atoms with Gasteiger partial charge in [-0.15, -0.1) is 0 Å². The maximum absolute atomic E-state index is 13.5. The zero-order valence-electron chi connectivity index (χ0n) is 17.3. The third-order valence-electron chi connectivity index (χ3n) is 7.14. The highest BCUT2D eigenvalue weighted by Crippen LogP contribution is 2.39. The Morgan fingerprint density at radius 3 is 2.83 bits per heavy atom. The number of carbonyl (C=O) groups is 1. The highest BCUT2D eigenvalue weighted by Gasteiger charge is 2.41. The third-order valence-corrected chi connectivity index (χ3v) is 7.14. The molecule has 1 saturated heterocycles. The Morgan fingerprint density at radius 2 is 1.93 bits per heavy atom. The van der Waals surface area contributed by atoms with E-state index in [-0.39, 0.29) is 5.92 Å². The van der Waals surface area contributed by atoms with Crippen molar-refractivity contribution in [1.82, 2.24) is 9.88 Å². The zero-order chi connectivity index (χ0) is 19.6. The van der Waals surface area contributed by atoms with Crippen LogP contribution in [0.4, 0.5) is 0 Å². The molecule has 4 heteroatoms. The summed E-state index contributed by atoms with van der Waals surface area (Å²) in [7, 11) is 0. The Bertz CT molecular complexity index is 857. The van der Waals surface area contributed by atoms with Crippen molar-refractivity contribution in [2.45, 2.75) is 51.4 Å². The standard InChI is InChI=1S/C25H32N2O2/c28-25-21-17-27(13-7-15-29-19-8-3-1-4-9-19)14-12-18(21)16-23-24(25)20-10-5-2-6-11-22(20)26-23/h1,3-4,8-9,18,21,26H,2,5-7,10-17H2/t18-,21+/m0/s1. The maximum atomic E-state index is 13.5. The van der Waals surface area contributed by atoms with E-state index in [4.69, 9.17) is 4.74 Å². The lowest BCUT2D eigenvalue weighted by Crippen LogP contribution is -2.47. The summed E-state index contributed by atoms with van der Waals surface area (Å²) in [5.41, 5.74) is 5.09. The summed E-state index contributed by atoms with van der Waals surface area (Å²) in [6.45, 7) is 3.78. The van der Waals surface area contributed by atoms with Gasteiger partial charge in [0.05, 0.1) is 6.61 Å². The van der Waals surface area contributed by atoms with E-state index in [0.29, 0.717) is 11.7 Å². The first-order chi connectivity index (χ1) is 14.3. The first kappa shape index (κ1) is 18.9. The summed E-state index contributed by atoms with van der Waals surface area (Å²) in [6, 6.07) is 10.0. The topological polar surface area (TPSA) is 45.3 Å². The van der Waals surface area contributed by atoms with Crippen LogP contribution in [0.25, 0.3) is 0 Å². The largest absolute Gasteiger partial charge is 0.494 e. The number of ether oxygens (including phenoxy) is 1. The number of H-pyrrole nitrogens is 1. The summed E-state index contributed by atoms with van der Waals surface area (Å²) in [5, 5.41) is 0. The molecule has 3 aliphatic rings. The molecule has 29 heavy (non-hydrogen) atoms. The predicted octanol–water partition coefficient (Wildman–Crippen LogP) is 4.43. The van der Waals surface area contributed by atoms with Crippen LogP contribution in [0.5, 0.6) is 5.75 Å². The fourth-order valence-electron chi connectivity index (χ4n) is 5.63. The molecular weight excluding hydrogens is 360 g/mol. The SMILES string of the molecule is O=C1c2c([nH]c3c2CCCCC3)C[C@@H]2CCN(CCCOc3ccccc3)C[C@@H]12. The van der Waals surface area contributed by atoms with Crippen LogP contribution in [0.3, 0.4) is 0 Å². The predicted molar refractivity (Wildman–Crippen MR) is 115 cm³/mol. The second-order valence-corrected chi connectivity index (χ2v) is 9.04. The molecule has 154 valence electrons. The molecule has 2 atom stereocenters. The number of benzene rings is 1. The molecule has 1 N–H and O–H groups in total. The van der Waals surface area contributed by atoms with Crippen LogP contribution in [0.1, 0.15) is 59.4 Å². The quantitative estimate of drug-likeness (QED) is 0.605. The number of aryl methyl sites for hydroxylation is 1. The Kier molecular flexibility index (Phi) is 5.45. The first-order valence-electron chi connectivity index (χ1n) is 11.5. The highest BCUT2D eigenvalue weighted by atomic mass is 16.5. The van der Waals surface area contributed by atoms with E-state index in [1.807, 2.05) is 30.3 Å². The van der Waals surface area contributed by atoms with Crippen molar-refractivity contribution in [3.63, 3.8) is 0 Å². The van der Waals surface area contributed by atoms with E-state index in [0.717, 1.165) is 69.7 Å². The summed E-state index contributed by atoms with van der Waals surface area (Å²) < 4.78 is 5.84. The number of fused-ring (bicyclic) bond motifs is 4. The number of nitrogens with one attached hydrogen (secondary N) is 1. The van der Waals surface area contributed by atoms with Crippen LogP contribution in [0, 0.1) is 11.8 Å². The molecule has 1 aromatic carbocycles. The number of carbonyl (C=O) groups excluding carboxylic acids is 1. The minimum Gasteiger partial charge on any atom is -0.494 e. The fourth-order valence-corrected chi connectivity index (χ4v) is 5.63. The number of rotatable bonds is 5. The molecule has 4 nitrogen and oxygen atoms in total. The van der Waals surface area contributed by atoms with Gasteiger partial charge in [0.2, 0.25) is 0 Å². The molecule has 0 amide bonds. The van der Waals surface area contributed by atoms with Crippen molar-refractivity contribution in [1.29, 1.82) is 0 Å². The Balaban J connectivity index is 1.21. The van der Waals surface area contributed by atoms with Gasteiger partial charge in [-0.2, -0.15) is 0 Å². The van der Waals surface area contributed by atoms with Gasteiger partial charge in [-0.3, -0.25) is 4.79 Å². The van der Waals surface area contributed by atoms with Crippen LogP contribution in [0.15, 0.2) is 30.3 Å². The molecule has 0 bridgehead atoms. The number of likely N-dealkylation sites (tertiary alicyclic amines) is 1. The summed E-state index contributed by atoms with van der Waals surface area (Å²) >= 11 is 0. The van der Waals surface area contributed by atoms with E-state index >= 15 is 0 Å². The van der Waals surface area contributed by atoms with Crippen LogP contribution >= 0.6 is 0 Å². The molecule has 5 rings (SSSR count). The van der Waals surface area contributed by atoms with Crippen LogP contribution < -0.4 is 4.74 Å². The van der Waals surface area contributed by atoms with Crippen molar-refractivity contribution < 1.29 is 9.53 Å². The molecule has 0 spiro atoms. The van der Waals surface area contributed by atoms with Crippen molar-refractivity contribution in [3.05, 3.63) is 52.8 Å². The average molecular weight is 393 g/mol. The zero-order valence-corrected chi connectivity index (χ0v) is 17.3. The van der Waals surface area contributed by atoms with Gasteiger partial charge in [0, 0.05) is 36.0 Å². The number of para-hydroxylation sites is 1. The fraction of sp³-hybridized carbons (Fsp3) is 0.560. The van der Waals surface area contributed by atoms with E-state index in [1.165, 1.54) is 36.2 Å². The molecule has 0 unspecified atom stereocenters. The summed E-state index contributed by atoms with van der Waals surface area (Å²) in [6.07, 6.45) is 9.20. The third kappa shape index (κ3) is 3.87. The van der Waals surface area contributed by atoms with Gasteiger partial charge in [0.15, 0.2) is 5.78 Å². The number of ketones is 1. The van der Waals surface area contributed by atoms with E-state index in [1.54, 1.807) is 0 Å². The van der Waals surface area contributed by atoms with Crippen molar-refractivity contribution in [2.75, 3.05) is 26.2 Å². The van der Waals surface area contributed by atoms with Gasteiger partial charge < -0.3 is 14.6 Å². The molecule has 1 fully saturated rings.